The first-order valence-corrected chi connectivity index (χ1v) is 9.15. The summed E-state index contributed by atoms with van der Waals surface area (Å²) in [6.07, 6.45) is 3.88. The number of carbonyl (C=O) groups is 2. The van der Waals surface area contributed by atoms with Crippen LogP contribution in [0.2, 0.25) is 0 Å². The first kappa shape index (κ1) is 21.1. The molecule has 0 aliphatic rings. The minimum Gasteiger partial charge on any atom is -0.415 e. The van der Waals surface area contributed by atoms with Gasteiger partial charge in [0.05, 0.1) is 11.1 Å². The highest BCUT2D eigenvalue weighted by atomic mass is 16.6. The molecule has 0 atom stereocenters. The highest BCUT2D eigenvalue weighted by molar-refractivity contribution is 5.96. The van der Waals surface area contributed by atoms with Crippen LogP contribution in [-0.2, 0) is 4.79 Å². The van der Waals surface area contributed by atoms with Crippen LogP contribution in [0.4, 0.5) is 5.69 Å². The number of nitro benzene ring substituents is 1. The fraction of sp³-hybridized carbons (Fsp3) is 0. The molecule has 3 aromatic rings. The summed E-state index contributed by atoms with van der Waals surface area (Å²) < 4.78 is 5.23. The van der Waals surface area contributed by atoms with Crippen molar-refractivity contribution in [2.45, 2.75) is 0 Å². The molecule has 1 amide bonds. The van der Waals surface area contributed by atoms with Crippen molar-refractivity contribution >= 4 is 29.9 Å². The van der Waals surface area contributed by atoms with Crippen molar-refractivity contribution in [3.8, 4) is 5.75 Å². The number of nitrogens with zero attached hydrogens (tertiary/aromatic N) is 2. The van der Waals surface area contributed by atoms with Gasteiger partial charge in [-0.2, -0.15) is 5.10 Å². The third kappa shape index (κ3) is 5.94. The molecular weight excluding hydrogens is 398 g/mol. The summed E-state index contributed by atoms with van der Waals surface area (Å²) in [5, 5.41) is 15.2. The molecule has 0 radical (unpaired) electrons. The SMILES string of the molecule is O=C(/C=C/c1ccccc1)Oc1c(/C=N/NC(=O)c2ccccc2)cccc1[N+](=O)[O-]. The summed E-state index contributed by atoms with van der Waals surface area (Å²) in [4.78, 5) is 35.0. The number of hydrazone groups is 1. The Bertz CT molecular complexity index is 1140. The number of nitrogens with one attached hydrogen (secondary N) is 1. The molecule has 3 rings (SSSR count). The Balaban J connectivity index is 1.78. The van der Waals surface area contributed by atoms with Crippen molar-refractivity contribution in [3.05, 3.63) is 112 Å². The smallest absolute Gasteiger partial charge is 0.336 e. The van der Waals surface area contributed by atoms with Crippen LogP contribution in [0.25, 0.3) is 6.08 Å². The van der Waals surface area contributed by atoms with Gasteiger partial charge in [-0.25, -0.2) is 10.2 Å². The Morgan fingerprint density at radius 2 is 1.61 bits per heavy atom. The van der Waals surface area contributed by atoms with Crippen LogP contribution in [0.3, 0.4) is 0 Å². The van der Waals surface area contributed by atoms with Crippen LogP contribution < -0.4 is 10.2 Å². The Morgan fingerprint density at radius 3 is 2.29 bits per heavy atom. The predicted molar refractivity (Wildman–Crippen MR) is 116 cm³/mol. The van der Waals surface area contributed by atoms with Gasteiger partial charge in [0.25, 0.3) is 5.91 Å². The summed E-state index contributed by atoms with van der Waals surface area (Å²) in [6.45, 7) is 0. The van der Waals surface area contributed by atoms with E-state index in [9.17, 15) is 19.7 Å². The zero-order chi connectivity index (χ0) is 22.1. The van der Waals surface area contributed by atoms with Crippen LogP contribution in [0.1, 0.15) is 21.5 Å². The van der Waals surface area contributed by atoms with E-state index in [2.05, 4.69) is 10.5 Å². The molecule has 0 unspecified atom stereocenters. The lowest BCUT2D eigenvalue weighted by Gasteiger charge is -2.06. The van der Waals surface area contributed by atoms with Gasteiger partial charge in [-0.1, -0.05) is 54.6 Å². The number of ether oxygens (including phenoxy) is 1. The number of nitro groups is 1. The molecule has 3 aromatic carbocycles. The third-order valence-electron chi connectivity index (χ3n) is 4.04. The van der Waals surface area contributed by atoms with Gasteiger partial charge in [0.1, 0.15) is 0 Å². The quantitative estimate of drug-likeness (QED) is 0.157. The zero-order valence-corrected chi connectivity index (χ0v) is 16.2. The largest absolute Gasteiger partial charge is 0.415 e. The number of carbonyl (C=O) groups excluding carboxylic acids is 2. The molecule has 0 bridgehead atoms. The fourth-order valence-electron chi connectivity index (χ4n) is 2.58. The van der Waals surface area contributed by atoms with Crippen molar-refractivity contribution < 1.29 is 19.2 Å². The van der Waals surface area contributed by atoms with Crippen molar-refractivity contribution in [1.82, 2.24) is 5.43 Å². The number of benzene rings is 3. The van der Waals surface area contributed by atoms with Crippen molar-refractivity contribution in [1.29, 1.82) is 0 Å². The number of hydrogen-bond acceptors (Lipinski definition) is 6. The summed E-state index contributed by atoms with van der Waals surface area (Å²) >= 11 is 0. The highest BCUT2D eigenvalue weighted by Crippen LogP contribution is 2.30. The van der Waals surface area contributed by atoms with Gasteiger partial charge in [0.15, 0.2) is 0 Å². The van der Waals surface area contributed by atoms with E-state index < -0.39 is 22.5 Å². The molecule has 0 aliphatic heterocycles. The Morgan fingerprint density at radius 1 is 0.935 bits per heavy atom. The summed E-state index contributed by atoms with van der Waals surface area (Å²) in [5.41, 5.74) is 3.25. The second-order valence-corrected chi connectivity index (χ2v) is 6.18. The van der Waals surface area contributed by atoms with Gasteiger partial charge in [-0.15, -0.1) is 0 Å². The first-order valence-electron chi connectivity index (χ1n) is 9.15. The number of para-hydroxylation sites is 1. The average molecular weight is 415 g/mol. The van der Waals surface area contributed by atoms with Crippen LogP contribution in [0, 0.1) is 10.1 Å². The van der Waals surface area contributed by atoms with Crippen molar-refractivity contribution in [2.75, 3.05) is 0 Å². The van der Waals surface area contributed by atoms with E-state index in [0.29, 0.717) is 5.56 Å². The lowest BCUT2D eigenvalue weighted by atomic mass is 10.2. The Kier molecular flexibility index (Phi) is 6.99. The van der Waals surface area contributed by atoms with Crippen molar-refractivity contribution in [3.63, 3.8) is 0 Å². The second kappa shape index (κ2) is 10.3. The molecule has 8 nitrogen and oxygen atoms in total. The number of esters is 1. The topological polar surface area (TPSA) is 111 Å². The molecular formula is C23H17N3O5. The minimum absolute atomic E-state index is 0.157. The maximum atomic E-state index is 12.2. The van der Waals surface area contributed by atoms with E-state index in [-0.39, 0.29) is 11.3 Å². The van der Waals surface area contributed by atoms with Gasteiger partial charge < -0.3 is 4.74 Å². The van der Waals surface area contributed by atoms with Gasteiger partial charge in [-0.05, 0) is 29.8 Å². The summed E-state index contributed by atoms with van der Waals surface area (Å²) in [6, 6.07) is 21.6. The third-order valence-corrected chi connectivity index (χ3v) is 4.04. The van der Waals surface area contributed by atoms with Crippen molar-refractivity contribution in [2.24, 2.45) is 5.10 Å². The molecule has 0 spiro atoms. The standard InChI is InChI=1S/C23H17N3O5/c27-21(15-14-17-8-3-1-4-9-17)31-22-19(12-7-13-20(22)26(29)30)16-24-25-23(28)18-10-5-2-6-11-18/h1-16H,(H,25,28)/b15-14+,24-16+. The molecule has 8 heteroatoms. The van der Waals surface area contributed by atoms with E-state index in [0.717, 1.165) is 5.56 Å². The Labute approximate surface area is 177 Å². The minimum atomic E-state index is -0.791. The number of amides is 1. The lowest BCUT2D eigenvalue weighted by Crippen LogP contribution is -2.17. The van der Waals surface area contributed by atoms with Gasteiger partial charge in [-0.3, -0.25) is 14.9 Å². The van der Waals surface area contributed by atoms with Gasteiger partial charge in [0, 0.05) is 23.3 Å². The maximum Gasteiger partial charge on any atom is 0.336 e. The Hall–Kier alpha value is -4.59. The molecule has 0 aliphatic carbocycles. The number of hydrogen-bond donors (Lipinski definition) is 1. The van der Waals surface area contributed by atoms with Gasteiger partial charge in [0.2, 0.25) is 5.75 Å². The monoisotopic (exact) mass is 415 g/mol. The predicted octanol–water partition coefficient (Wildman–Crippen LogP) is 3.98. The van der Waals surface area contributed by atoms with Crippen LogP contribution >= 0.6 is 0 Å². The molecule has 31 heavy (non-hydrogen) atoms. The van der Waals surface area contributed by atoms with Crippen LogP contribution in [-0.4, -0.2) is 23.0 Å². The fourth-order valence-corrected chi connectivity index (χ4v) is 2.58. The van der Waals surface area contributed by atoms with Crippen LogP contribution in [0.15, 0.2) is 90.0 Å². The van der Waals surface area contributed by atoms with E-state index in [4.69, 9.17) is 4.74 Å². The first-order chi connectivity index (χ1) is 15.0. The maximum absolute atomic E-state index is 12.2. The molecule has 1 N–H and O–H groups in total. The zero-order valence-electron chi connectivity index (χ0n) is 16.2. The number of rotatable bonds is 7. The normalized spacial score (nSPS) is 10.8. The van der Waals surface area contributed by atoms with E-state index >= 15 is 0 Å². The molecule has 154 valence electrons. The molecule has 0 fully saturated rings. The van der Waals surface area contributed by atoms with Gasteiger partial charge >= 0.3 is 11.7 Å². The highest BCUT2D eigenvalue weighted by Gasteiger charge is 2.20. The molecule has 0 heterocycles. The molecule has 0 saturated heterocycles. The summed E-state index contributed by atoms with van der Waals surface area (Å²) in [5.74, 6) is -1.51. The van der Waals surface area contributed by atoms with E-state index in [1.807, 2.05) is 18.2 Å². The molecule has 0 aromatic heterocycles. The van der Waals surface area contributed by atoms with Crippen LogP contribution in [0.5, 0.6) is 5.75 Å². The van der Waals surface area contributed by atoms with E-state index in [1.54, 1.807) is 42.5 Å². The lowest BCUT2D eigenvalue weighted by molar-refractivity contribution is -0.385. The summed E-state index contributed by atoms with van der Waals surface area (Å²) in [7, 11) is 0. The second-order valence-electron chi connectivity index (χ2n) is 6.18. The van der Waals surface area contributed by atoms with E-state index in [1.165, 1.54) is 36.6 Å². The average Bonchev–Trinajstić information content (AvgIpc) is 2.79. The molecule has 0 saturated carbocycles.